The number of phenols is 1. The number of aromatic hydroxyl groups is 1. The second kappa shape index (κ2) is 38.2. The molecule has 15 rings (SSSR count). The van der Waals surface area contributed by atoms with Crippen molar-refractivity contribution in [1.82, 2.24) is 0 Å². The van der Waals surface area contributed by atoms with Crippen LogP contribution in [-0.4, -0.2) is 113 Å². The van der Waals surface area contributed by atoms with Crippen LogP contribution in [0.25, 0.3) is 25.1 Å². The van der Waals surface area contributed by atoms with E-state index >= 15 is 0 Å². The molecule has 0 spiro atoms. The fourth-order valence-electron chi connectivity index (χ4n) is 16.6. The molecule has 6 aromatic rings. The van der Waals surface area contributed by atoms with Crippen molar-refractivity contribution in [2.45, 2.75) is 305 Å². The zero-order valence-electron chi connectivity index (χ0n) is 70.8. The number of fused-ring (bicyclic) bond motifs is 4. The number of ether oxygens (including phenoxy) is 8. The molecule has 9 atom stereocenters. The van der Waals surface area contributed by atoms with Gasteiger partial charge < -0.3 is 47.6 Å². The minimum atomic E-state index is -5.27. The number of benzene rings is 5. The summed E-state index contributed by atoms with van der Waals surface area (Å²) in [7, 11) is -5.21. The molecule has 1 N–H and O–H groups in total. The van der Waals surface area contributed by atoms with Crippen molar-refractivity contribution in [3.05, 3.63) is 130 Å². The first-order chi connectivity index (χ1) is 54.7. The van der Waals surface area contributed by atoms with E-state index in [1.54, 1.807) is 19.9 Å². The zero-order chi connectivity index (χ0) is 86.2. The lowest BCUT2D eigenvalue weighted by atomic mass is 9.48. The molecule has 0 radical (unpaired) electrons. The molecular weight excluding hydrogens is 1670 g/mol. The molecule has 4 heterocycles. The fourth-order valence-corrected chi connectivity index (χ4v) is 20.4. The standard InChI is InChI=1S/C20H29F3O7S.C18H13S.C16H24O.C13H18O5.C13H24O2.C12H14Br2O3/c1-4-17(2,3)15(24)30-19-8-12-5-13(9-19)7-18(6-12,11-19)16(25)29-14(20(21,22)23)10-31(26,27)28;1-2-8-14(9-3-1)19-17-12-6-4-10-15(17)16-11-5-7-13-18(16)19;1-4-13(2)14-7-9-15(10-8-14)17-16(3)11-5-6-12-16;1-4-13(2,3)12(15)18-9-7-5-6-8(16-7)10(9)17-11(6)14;1-5-12(2,3)11(14)15-13(4)9-7-6-8-10-13;1-4-12(2,3)11(16)17-10-6-7(13)9(15)5-8(10)14/h12-14H,4-11H2,1-3H3,(H,26,27,28);1-13H;7-10,13H,4-6,11-12H2,1-3H3;6-10H,4-5H2,1-3H3;5-10H2,1-4H3;5-6,15H,4H2,1-3H3/q;+1;;;;/p-1. The van der Waals surface area contributed by atoms with Gasteiger partial charge in [0.2, 0.25) is 6.10 Å². The number of hydrogen-bond donors (Lipinski definition) is 1. The Morgan fingerprint density at radius 3 is 1.64 bits per heavy atom. The number of alkyl halides is 3. The van der Waals surface area contributed by atoms with Gasteiger partial charge in [0.15, 0.2) is 26.5 Å². The molecule has 25 heteroatoms. The van der Waals surface area contributed by atoms with Gasteiger partial charge >= 0.3 is 42.0 Å². The Hall–Kier alpha value is -6.64. The van der Waals surface area contributed by atoms with E-state index < -0.39 is 79.6 Å². The van der Waals surface area contributed by atoms with Crippen LogP contribution in [0.3, 0.4) is 0 Å². The summed E-state index contributed by atoms with van der Waals surface area (Å²) in [5.41, 5.74) is -3.02. The van der Waals surface area contributed by atoms with Crippen LogP contribution in [0.1, 0.15) is 257 Å². The van der Waals surface area contributed by atoms with Crippen LogP contribution in [-0.2, 0) is 67.3 Å². The third kappa shape index (κ3) is 23.3. The minimum Gasteiger partial charge on any atom is -0.748 e. The molecule has 9 aliphatic rings. The highest BCUT2D eigenvalue weighted by atomic mass is 79.9. The van der Waals surface area contributed by atoms with Crippen molar-refractivity contribution in [1.29, 1.82) is 0 Å². The molecule has 6 saturated carbocycles. The molecule has 9 fully saturated rings. The van der Waals surface area contributed by atoms with Crippen LogP contribution in [0.2, 0.25) is 0 Å². The Morgan fingerprint density at radius 1 is 0.624 bits per heavy atom. The maximum Gasteiger partial charge on any atom is 0.426 e. The van der Waals surface area contributed by atoms with E-state index in [9.17, 15) is 60.0 Å². The lowest BCUT2D eigenvalue weighted by molar-refractivity contribution is -0.239. The van der Waals surface area contributed by atoms with Gasteiger partial charge in [-0.25, -0.2) is 8.42 Å². The van der Waals surface area contributed by atoms with E-state index in [1.165, 1.54) is 88.1 Å². The Morgan fingerprint density at radius 2 is 1.12 bits per heavy atom. The molecule has 0 amide bonds. The quantitative estimate of drug-likeness (QED) is 0.0231. The topological polar surface area (TPSA) is 254 Å². The number of esters is 6. The first kappa shape index (κ1) is 94.2. The second-order valence-corrected chi connectivity index (χ2v) is 41.6. The van der Waals surface area contributed by atoms with E-state index in [-0.39, 0.29) is 93.1 Å². The number of carbonyl (C=O) groups excluding carboxylic acids is 6. The first-order valence-electron chi connectivity index (χ1n) is 41.6. The van der Waals surface area contributed by atoms with Crippen LogP contribution >= 0.6 is 42.3 Å². The predicted molar refractivity (Wildman–Crippen MR) is 454 cm³/mol. The van der Waals surface area contributed by atoms with E-state index in [0.717, 1.165) is 31.4 Å². The summed E-state index contributed by atoms with van der Waals surface area (Å²) in [6.07, 6.45) is 8.44. The number of rotatable bonds is 21. The lowest BCUT2D eigenvalue weighted by Gasteiger charge is -2.60. The van der Waals surface area contributed by atoms with Crippen LogP contribution < -0.4 is 9.47 Å². The largest absolute Gasteiger partial charge is 0.748 e. The van der Waals surface area contributed by atoms with Crippen LogP contribution in [0.15, 0.2) is 124 Å². The molecule has 117 heavy (non-hydrogen) atoms. The molecule has 9 unspecified atom stereocenters. The number of hydrogen-bond acceptors (Lipinski definition) is 18. The zero-order valence-corrected chi connectivity index (χ0v) is 75.6. The Balaban J connectivity index is 0.000000163. The second-order valence-electron chi connectivity index (χ2n) is 36.4. The van der Waals surface area contributed by atoms with Gasteiger partial charge in [-0.15, -0.1) is 0 Å². The van der Waals surface area contributed by atoms with E-state index in [0.29, 0.717) is 72.0 Å². The Kier molecular flexibility index (Phi) is 30.8. The highest BCUT2D eigenvalue weighted by Gasteiger charge is 2.66. The highest BCUT2D eigenvalue weighted by Crippen LogP contribution is 2.64. The van der Waals surface area contributed by atoms with E-state index in [4.69, 9.17) is 33.2 Å². The molecule has 5 aromatic carbocycles. The van der Waals surface area contributed by atoms with Gasteiger partial charge in [-0.1, -0.05) is 103 Å². The molecule has 1 aromatic heterocycles. The molecule has 6 aliphatic carbocycles. The minimum absolute atomic E-state index is 0.00100. The maximum absolute atomic E-state index is 13.3. The number of halogens is 5. The summed E-state index contributed by atoms with van der Waals surface area (Å²) in [6.45, 7) is 31.4. The molecular formula is C92H121Br2F3O18S2. The molecule has 3 aliphatic heterocycles. The smallest absolute Gasteiger partial charge is 0.426 e. The van der Waals surface area contributed by atoms with Gasteiger partial charge in [-0.05, 0) is 301 Å². The van der Waals surface area contributed by atoms with Gasteiger partial charge in [-0.3, -0.25) is 28.8 Å². The van der Waals surface area contributed by atoms with Crippen molar-refractivity contribution >= 4 is 108 Å². The lowest BCUT2D eigenvalue weighted by Crippen LogP contribution is -2.61. The van der Waals surface area contributed by atoms with Crippen LogP contribution in [0.4, 0.5) is 13.2 Å². The third-order valence-electron chi connectivity index (χ3n) is 25.5. The summed E-state index contributed by atoms with van der Waals surface area (Å²) in [5.74, 6) is -2.21. The number of carbonyl (C=O) groups is 6. The SMILES string of the molecule is CCC(C)(C)C(=O)OC1(C)CCCCC1.CCC(C)(C)C(=O)OC12CC3CC(C1)CC(C(=O)OC(CS(=O)(=O)[O-])C(F)(F)F)(C3)C2.CCC(C)(C)C(=O)OC1C2CC3C(=O)OC1C3O2.CCC(C)(C)C(=O)Oc1cc(Br)c(O)cc1Br.CCC(C)c1ccc(OC2(C)CCCC2)cc1.c1ccc(-[s+]2c3ccccc3c3ccccc32)cc1. The van der Waals surface area contributed by atoms with Crippen molar-refractivity contribution in [2.75, 3.05) is 5.75 Å². The van der Waals surface area contributed by atoms with Gasteiger partial charge in [0.25, 0.3) is 0 Å². The molecule has 3 saturated heterocycles. The Bertz CT molecular complexity index is 4500. The summed E-state index contributed by atoms with van der Waals surface area (Å²) in [5, 5.41) is 12.2. The average Bonchev–Trinajstić information content (AvgIpc) is 1.33. The van der Waals surface area contributed by atoms with E-state index in [1.807, 2.05) is 69.2 Å². The van der Waals surface area contributed by atoms with Crippen molar-refractivity contribution in [3.8, 4) is 22.1 Å². The van der Waals surface area contributed by atoms with Crippen LogP contribution in [0, 0.1) is 44.8 Å². The molecule has 644 valence electrons. The third-order valence-corrected chi connectivity index (χ3v) is 29.8. The van der Waals surface area contributed by atoms with Gasteiger partial charge in [0.1, 0.15) is 40.2 Å². The van der Waals surface area contributed by atoms with Gasteiger partial charge in [0, 0.05) is 33.7 Å². The predicted octanol–water partition coefficient (Wildman–Crippen LogP) is 23.0. The highest BCUT2D eigenvalue weighted by molar-refractivity contribution is 9.11. The summed E-state index contributed by atoms with van der Waals surface area (Å²) in [6, 6.07) is 40.1. The fraction of sp³-hybridized carbons (Fsp3) is 0.609. The van der Waals surface area contributed by atoms with Crippen molar-refractivity contribution in [2.24, 2.45) is 44.8 Å². The summed E-state index contributed by atoms with van der Waals surface area (Å²) in [4.78, 5) is 74.5. The van der Waals surface area contributed by atoms with Crippen molar-refractivity contribution < 1.29 is 97.9 Å². The maximum atomic E-state index is 13.3. The number of phenolic OH excluding ortho intramolecular Hbond substituents is 1. The molecule has 6 bridgehead atoms. The Labute approximate surface area is 709 Å². The number of thiophene rings is 1. The van der Waals surface area contributed by atoms with Crippen LogP contribution in [0.5, 0.6) is 17.2 Å². The first-order valence-corrected chi connectivity index (χ1v) is 46.0. The molecule has 18 nitrogen and oxygen atoms in total. The normalized spacial score (nSPS) is 24.4. The summed E-state index contributed by atoms with van der Waals surface area (Å²) >= 11 is 6.42. The van der Waals surface area contributed by atoms with Gasteiger partial charge in [-0.2, -0.15) is 13.2 Å². The monoisotopic (exact) mass is 1790 g/mol. The van der Waals surface area contributed by atoms with Crippen molar-refractivity contribution in [3.63, 3.8) is 0 Å². The average molecular weight is 1800 g/mol. The van der Waals surface area contributed by atoms with Gasteiger partial charge in [0.05, 0.1) is 63.9 Å². The van der Waals surface area contributed by atoms with E-state index in [2.05, 4.69) is 167 Å². The summed E-state index contributed by atoms with van der Waals surface area (Å²) < 4.78 is 121.